The highest BCUT2D eigenvalue weighted by atomic mass is 19.4. The lowest BCUT2D eigenvalue weighted by molar-refractivity contribution is -0.274. The number of carbonyl (C=O) groups excluding carboxylic acids is 1. The number of rotatable bonds is 5. The van der Waals surface area contributed by atoms with Gasteiger partial charge in [0.05, 0.1) is 5.92 Å². The normalized spacial score (nSPS) is 28.6. The summed E-state index contributed by atoms with van der Waals surface area (Å²) < 4.78 is 45.7. The van der Waals surface area contributed by atoms with Crippen molar-refractivity contribution in [1.29, 1.82) is 0 Å². The summed E-state index contributed by atoms with van der Waals surface area (Å²) in [7, 11) is 0. The van der Waals surface area contributed by atoms with E-state index in [1.807, 2.05) is 0 Å². The highest BCUT2D eigenvalue weighted by Gasteiger charge is 2.32. The highest BCUT2D eigenvalue weighted by molar-refractivity contribution is 5.75. The lowest BCUT2D eigenvalue weighted by Crippen LogP contribution is -2.27. The van der Waals surface area contributed by atoms with E-state index >= 15 is 0 Å². The molecule has 0 N–H and O–H groups in total. The van der Waals surface area contributed by atoms with Crippen LogP contribution in [-0.2, 0) is 4.79 Å². The van der Waals surface area contributed by atoms with Crippen LogP contribution in [0.15, 0.2) is 24.3 Å². The molecule has 156 valence electrons. The van der Waals surface area contributed by atoms with E-state index in [2.05, 4.69) is 11.7 Å². The van der Waals surface area contributed by atoms with Crippen LogP contribution in [0.1, 0.15) is 64.7 Å². The first kappa shape index (κ1) is 21.0. The molecule has 2 aliphatic rings. The first-order chi connectivity index (χ1) is 13.3. The molecule has 0 saturated heterocycles. The zero-order chi connectivity index (χ0) is 20.1. The molecule has 28 heavy (non-hydrogen) atoms. The Hall–Kier alpha value is -1.72. The van der Waals surface area contributed by atoms with Gasteiger partial charge in [-0.1, -0.05) is 32.6 Å². The molecule has 0 aliphatic heterocycles. The number of benzene rings is 1. The van der Waals surface area contributed by atoms with Crippen molar-refractivity contribution in [1.82, 2.24) is 0 Å². The summed E-state index contributed by atoms with van der Waals surface area (Å²) >= 11 is 0. The molecule has 2 aliphatic carbocycles. The van der Waals surface area contributed by atoms with Crippen LogP contribution < -0.4 is 9.47 Å². The summed E-state index contributed by atoms with van der Waals surface area (Å²) in [6, 6.07) is 4.96. The minimum Gasteiger partial charge on any atom is -0.426 e. The minimum atomic E-state index is -4.73. The molecule has 0 atom stereocenters. The van der Waals surface area contributed by atoms with Crippen molar-refractivity contribution in [2.45, 2.75) is 71.1 Å². The SMILES string of the molecule is CC1CCC(CC2CCC(C(=O)Oc3ccc(OC(F)(F)F)cc3)CC2)CC1. The Balaban J connectivity index is 1.41. The third-order valence-corrected chi connectivity index (χ3v) is 6.26. The number of halogens is 3. The van der Waals surface area contributed by atoms with E-state index < -0.39 is 6.36 Å². The average molecular weight is 398 g/mol. The number of alkyl halides is 3. The van der Waals surface area contributed by atoms with Crippen LogP contribution >= 0.6 is 0 Å². The van der Waals surface area contributed by atoms with Gasteiger partial charge in [-0.15, -0.1) is 13.2 Å². The van der Waals surface area contributed by atoms with Crippen molar-refractivity contribution in [3.05, 3.63) is 24.3 Å². The molecule has 0 spiro atoms. The molecule has 0 aromatic heterocycles. The van der Waals surface area contributed by atoms with E-state index in [-0.39, 0.29) is 23.4 Å². The molecule has 2 fully saturated rings. The molecule has 2 saturated carbocycles. The molecule has 6 heteroatoms. The van der Waals surface area contributed by atoms with Gasteiger partial charge in [-0.2, -0.15) is 0 Å². The fraction of sp³-hybridized carbons (Fsp3) is 0.682. The van der Waals surface area contributed by atoms with Gasteiger partial charge in [0.15, 0.2) is 0 Å². The second-order valence-electron chi connectivity index (χ2n) is 8.52. The van der Waals surface area contributed by atoms with Crippen LogP contribution in [0.2, 0.25) is 0 Å². The van der Waals surface area contributed by atoms with Crippen molar-refractivity contribution < 1.29 is 27.4 Å². The molecule has 0 bridgehead atoms. The molecule has 0 unspecified atom stereocenters. The predicted molar refractivity (Wildman–Crippen MR) is 99.9 cm³/mol. The molecule has 1 aromatic carbocycles. The van der Waals surface area contributed by atoms with Crippen LogP contribution in [0.3, 0.4) is 0 Å². The Bertz CT molecular complexity index is 625. The van der Waals surface area contributed by atoms with Crippen LogP contribution in [0, 0.1) is 23.7 Å². The van der Waals surface area contributed by atoms with Gasteiger partial charge in [0, 0.05) is 0 Å². The molecule has 0 amide bonds. The van der Waals surface area contributed by atoms with Gasteiger partial charge in [0.25, 0.3) is 0 Å². The number of esters is 1. The van der Waals surface area contributed by atoms with E-state index in [1.165, 1.54) is 44.2 Å². The topological polar surface area (TPSA) is 35.5 Å². The van der Waals surface area contributed by atoms with Gasteiger partial charge in [0.2, 0.25) is 0 Å². The molecule has 0 heterocycles. The lowest BCUT2D eigenvalue weighted by Gasteiger charge is -2.32. The molecule has 1 aromatic rings. The zero-order valence-corrected chi connectivity index (χ0v) is 16.3. The van der Waals surface area contributed by atoms with Crippen LogP contribution in [-0.4, -0.2) is 12.3 Å². The Labute approximate surface area is 164 Å². The van der Waals surface area contributed by atoms with Crippen LogP contribution in [0.5, 0.6) is 11.5 Å². The molecule has 3 nitrogen and oxygen atoms in total. The van der Waals surface area contributed by atoms with E-state index in [0.717, 1.165) is 49.7 Å². The fourth-order valence-corrected chi connectivity index (χ4v) is 4.58. The second-order valence-corrected chi connectivity index (χ2v) is 8.52. The van der Waals surface area contributed by atoms with Crippen LogP contribution in [0.25, 0.3) is 0 Å². The van der Waals surface area contributed by atoms with Gasteiger partial charge in [-0.05, 0) is 74.1 Å². The van der Waals surface area contributed by atoms with Crippen molar-refractivity contribution in [3.8, 4) is 11.5 Å². The quantitative estimate of drug-likeness (QED) is 0.419. The Kier molecular flexibility index (Phi) is 6.89. The maximum Gasteiger partial charge on any atom is 0.573 e. The van der Waals surface area contributed by atoms with Crippen LogP contribution in [0.4, 0.5) is 13.2 Å². The van der Waals surface area contributed by atoms with Gasteiger partial charge < -0.3 is 9.47 Å². The molecular weight excluding hydrogens is 369 g/mol. The summed E-state index contributed by atoms with van der Waals surface area (Å²) in [5.74, 6) is 1.95. The fourth-order valence-electron chi connectivity index (χ4n) is 4.58. The number of ether oxygens (including phenoxy) is 2. The van der Waals surface area contributed by atoms with Gasteiger partial charge in [0.1, 0.15) is 11.5 Å². The Morgan fingerprint density at radius 1 is 0.893 bits per heavy atom. The van der Waals surface area contributed by atoms with Crippen molar-refractivity contribution in [2.24, 2.45) is 23.7 Å². The number of carbonyl (C=O) groups is 1. The smallest absolute Gasteiger partial charge is 0.426 e. The first-order valence-corrected chi connectivity index (χ1v) is 10.4. The van der Waals surface area contributed by atoms with Crippen molar-refractivity contribution in [3.63, 3.8) is 0 Å². The molecule has 0 radical (unpaired) electrons. The van der Waals surface area contributed by atoms with Gasteiger partial charge in [-0.25, -0.2) is 0 Å². The first-order valence-electron chi connectivity index (χ1n) is 10.4. The minimum absolute atomic E-state index is 0.117. The lowest BCUT2D eigenvalue weighted by atomic mass is 9.73. The van der Waals surface area contributed by atoms with E-state index in [1.54, 1.807) is 0 Å². The second kappa shape index (κ2) is 9.19. The summed E-state index contributed by atoms with van der Waals surface area (Å²) in [6.07, 6.45) is 5.73. The number of hydrogen-bond acceptors (Lipinski definition) is 3. The molecule has 3 rings (SSSR count). The monoisotopic (exact) mass is 398 g/mol. The predicted octanol–water partition coefficient (Wildman–Crippen LogP) is 6.51. The number of hydrogen-bond donors (Lipinski definition) is 0. The Morgan fingerprint density at radius 3 is 1.93 bits per heavy atom. The molecular formula is C22H29F3O3. The van der Waals surface area contributed by atoms with E-state index in [9.17, 15) is 18.0 Å². The third kappa shape index (κ3) is 6.42. The van der Waals surface area contributed by atoms with Gasteiger partial charge >= 0.3 is 12.3 Å². The summed E-state index contributed by atoms with van der Waals surface area (Å²) in [5.41, 5.74) is 0. The zero-order valence-electron chi connectivity index (χ0n) is 16.3. The van der Waals surface area contributed by atoms with E-state index in [4.69, 9.17) is 4.74 Å². The maximum atomic E-state index is 12.4. The van der Waals surface area contributed by atoms with Crippen molar-refractivity contribution >= 4 is 5.97 Å². The van der Waals surface area contributed by atoms with Gasteiger partial charge in [-0.3, -0.25) is 4.79 Å². The summed E-state index contributed by atoms with van der Waals surface area (Å²) in [4.78, 5) is 12.4. The van der Waals surface area contributed by atoms with Crippen molar-refractivity contribution in [2.75, 3.05) is 0 Å². The summed E-state index contributed by atoms with van der Waals surface area (Å²) in [6.45, 7) is 2.34. The Morgan fingerprint density at radius 2 is 1.39 bits per heavy atom. The average Bonchev–Trinajstić information content (AvgIpc) is 2.65. The summed E-state index contributed by atoms with van der Waals surface area (Å²) in [5, 5.41) is 0. The highest BCUT2D eigenvalue weighted by Crippen LogP contribution is 2.38. The maximum absolute atomic E-state index is 12.4. The third-order valence-electron chi connectivity index (χ3n) is 6.26. The van der Waals surface area contributed by atoms with E-state index in [0.29, 0.717) is 5.92 Å². The standard InChI is InChI=1S/C22H29F3O3/c1-15-2-4-16(5-3-15)14-17-6-8-18(9-7-17)21(26)27-19-10-12-20(13-11-19)28-22(23,24)25/h10-13,15-18H,2-9,14H2,1H3. The largest absolute Gasteiger partial charge is 0.573 e.